The van der Waals surface area contributed by atoms with Crippen molar-refractivity contribution in [2.45, 2.75) is 46.0 Å². The molecular formula is C11H21Br. The van der Waals surface area contributed by atoms with Crippen molar-refractivity contribution in [1.82, 2.24) is 0 Å². The third-order valence-electron chi connectivity index (χ3n) is 2.13. The van der Waals surface area contributed by atoms with Gasteiger partial charge in [0.05, 0.1) is 0 Å². The molecule has 1 unspecified atom stereocenters. The molecule has 0 spiro atoms. The normalized spacial score (nSPS) is 12.9. The van der Waals surface area contributed by atoms with E-state index < -0.39 is 0 Å². The van der Waals surface area contributed by atoms with Crippen molar-refractivity contribution >= 4 is 15.9 Å². The Morgan fingerprint density at radius 2 is 1.92 bits per heavy atom. The Bertz CT molecular complexity index is 118. The molecule has 0 aliphatic carbocycles. The van der Waals surface area contributed by atoms with E-state index >= 15 is 0 Å². The van der Waals surface area contributed by atoms with Gasteiger partial charge in [-0.3, -0.25) is 0 Å². The first-order valence-corrected chi connectivity index (χ1v) is 5.99. The van der Waals surface area contributed by atoms with E-state index in [1.54, 1.807) is 0 Å². The van der Waals surface area contributed by atoms with Crippen molar-refractivity contribution in [3.8, 4) is 0 Å². The highest BCUT2D eigenvalue weighted by Gasteiger charge is 2.00. The number of hydrogen-bond acceptors (Lipinski definition) is 0. The molecule has 0 N–H and O–H groups in total. The van der Waals surface area contributed by atoms with E-state index in [1.807, 2.05) is 0 Å². The van der Waals surface area contributed by atoms with Gasteiger partial charge in [-0.2, -0.15) is 0 Å². The molecule has 0 aromatic carbocycles. The summed E-state index contributed by atoms with van der Waals surface area (Å²) in [6.07, 6.45) is 6.56. The van der Waals surface area contributed by atoms with E-state index in [1.165, 1.54) is 37.7 Å². The van der Waals surface area contributed by atoms with Gasteiger partial charge in [0.1, 0.15) is 0 Å². The number of rotatable bonds is 7. The largest absolute Gasteiger partial charge is 0.100 e. The van der Waals surface area contributed by atoms with Crippen molar-refractivity contribution in [2.75, 3.05) is 5.33 Å². The Kier molecular flexibility index (Phi) is 7.99. The van der Waals surface area contributed by atoms with Gasteiger partial charge >= 0.3 is 0 Å². The lowest BCUT2D eigenvalue weighted by molar-refractivity contribution is 0.471. The molecule has 0 nitrogen and oxygen atoms in total. The number of hydrogen-bond donors (Lipinski definition) is 0. The summed E-state index contributed by atoms with van der Waals surface area (Å²) >= 11 is 3.46. The first-order chi connectivity index (χ1) is 5.66. The molecule has 0 aliphatic heterocycles. The summed E-state index contributed by atoms with van der Waals surface area (Å²) in [6, 6.07) is 0. The van der Waals surface area contributed by atoms with Crippen LogP contribution in [0.1, 0.15) is 46.0 Å². The molecule has 0 amide bonds. The summed E-state index contributed by atoms with van der Waals surface area (Å²) in [5, 5.41) is 1.15. The van der Waals surface area contributed by atoms with Gasteiger partial charge in [0, 0.05) is 5.33 Å². The maximum absolute atomic E-state index is 3.91. The smallest absolute Gasteiger partial charge is 0.00314 e. The molecule has 1 heteroatoms. The highest BCUT2D eigenvalue weighted by atomic mass is 79.9. The van der Waals surface area contributed by atoms with Crippen LogP contribution in [0.2, 0.25) is 0 Å². The van der Waals surface area contributed by atoms with Gasteiger partial charge in [0.25, 0.3) is 0 Å². The van der Waals surface area contributed by atoms with Gasteiger partial charge in [-0.05, 0) is 38.5 Å². The summed E-state index contributed by atoms with van der Waals surface area (Å²) in [7, 11) is 0. The Morgan fingerprint density at radius 1 is 1.33 bits per heavy atom. The van der Waals surface area contributed by atoms with Gasteiger partial charge in [0.2, 0.25) is 0 Å². The molecule has 0 aromatic rings. The topological polar surface area (TPSA) is 0 Å². The average Bonchev–Trinajstić information content (AvgIpc) is 2.00. The highest BCUT2D eigenvalue weighted by Crippen LogP contribution is 2.16. The Balaban J connectivity index is 3.19. The Hall–Kier alpha value is 0.220. The predicted octanol–water partition coefficient (Wildman–Crippen LogP) is 4.54. The minimum atomic E-state index is 0.891. The SMILES string of the molecule is C=C(C)CCCC(C)CCCBr. The fraction of sp³-hybridized carbons (Fsp3) is 0.818. The minimum absolute atomic E-state index is 0.891. The fourth-order valence-electron chi connectivity index (χ4n) is 1.32. The summed E-state index contributed by atoms with van der Waals surface area (Å²) in [4.78, 5) is 0. The standard InChI is InChI=1S/C11H21Br/c1-10(2)6-4-7-11(3)8-5-9-12/h11H,1,4-9H2,2-3H3. The zero-order valence-electron chi connectivity index (χ0n) is 8.41. The second-order valence-corrected chi connectivity index (χ2v) is 4.58. The number of allylic oxidation sites excluding steroid dienone is 1. The van der Waals surface area contributed by atoms with Crippen LogP contribution >= 0.6 is 15.9 Å². The maximum Gasteiger partial charge on any atom is 0.00314 e. The van der Waals surface area contributed by atoms with Gasteiger partial charge in [0.15, 0.2) is 0 Å². The van der Waals surface area contributed by atoms with Gasteiger partial charge < -0.3 is 0 Å². The second-order valence-electron chi connectivity index (χ2n) is 3.79. The number of halogens is 1. The summed E-state index contributed by atoms with van der Waals surface area (Å²) in [5.74, 6) is 0.891. The Morgan fingerprint density at radius 3 is 2.42 bits per heavy atom. The summed E-state index contributed by atoms with van der Waals surface area (Å²) in [5.41, 5.74) is 1.32. The minimum Gasteiger partial charge on any atom is -0.100 e. The van der Waals surface area contributed by atoms with Crippen LogP contribution in [-0.4, -0.2) is 5.33 Å². The molecule has 0 bridgehead atoms. The van der Waals surface area contributed by atoms with Crippen LogP contribution in [0.25, 0.3) is 0 Å². The monoisotopic (exact) mass is 232 g/mol. The van der Waals surface area contributed by atoms with E-state index in [0.29, 0.717) is 0 Å². The van der Waals surface area contributed by atoms with Crippen LogP contribution in [-0.2, 0) is 0 Å². The lowest BCUT2D eigenvalue weighted by Gasteiger charge is -2.09. The van der Waals surface area contributed by atoms with Crippen LogP contribution < -0.4 is 0 Å². The van der Waals surface area contributed by atoms with Crippen LogP contribution in [0.5, 0.6) is 0 Å². The van der Waals surface area contributed by atoms with E-state index in [4.69, 9.17) is 0 Å². The lowest BCUT2D eigenvalue weighted by atomic mass is 9.98. The van der Waals surface area contributed by atoms with Gasteiger partial charge in [-0.25, -0.2) is 0 Å². The zero-order chi connectivity index (χ0) is 9.40. The summed E-state index contributed by atoms with van der Waals surface area (Å²) < 4.78 is 0. The quantitative estimate of drug-likeness (QED) is 0.447. The van der Waals surface area contributed by atoms with E-state index in [2.05, 4.69) is 36.4 Å². The predicted molar refractivity (Wildman–Crippen MR) is 60.9 cm³/mol. The van der Waals surface area contributed by atoms with Crippen molar-refractivity contribution < 1.29 is 0 Å². The molecule has 72 valence electrons. The van der Waals surface area contributed by atoms with Crippen LogP contribution in [0.15, 0.2) is 12.2 Å². The third kappa shape index (κ3) is 8.32. The molecule has 12 heavy (non-hydrogen) atoms. The third-order valence-corrected chi connectivity index (χ3v) is 2.69. The Labute approximate surface area is 85.6 Å². The first kappa shape index (κ1) is 12.2. The van der Waals surface area contributed by atoms with Gasteiger partial charge in [-0.1, -0.05) is 34.8 Å². The molecule has 0 aromatic heterocycles. The molecular weight excluding hydrogens is 212 g/mol. The molecule has 0 rings (SSSR count). The number of alkyl halides is 1. The molecule has 0 heterocycles. The van der Waals surface area contributed by atoms with E-state index in [-0.39, 0.29) is 0 Å². The molecule has 0 fully saturated rings. The second kappa shape index (κ2) is 7.85. The lowest BCUT2D eigenvalue weighted by Crippen LogP contribution is -1.95. The van der Waals surface area contributed by atoms with Crippen molar-refractivity contribution in [2.24, 2.45) is 5.92 Å². The molecule has 1 atom stereocenters. The van der Waals surface area contributed by atoms with Gasteiger partial charge in [-0.15, -0.1) is 6.58 Å². The molecule has 0 radical (unpaired) electrons. The van der Waals surface area contributed by atoms with Crippen LogP contribution in [0.4, 0.5) is 0 Å². The maximum atomic E-state index is 3.91. The molecule has 0 saturated carbocycles. The van der Waals surface area contributed by atoms with Crippen LogP contribution in [0, 0.1) is 5.92 Å². The van der Waals surface area contributed by atoms with E-state index in [0.717, 1.165) is 11.2 Å². The first-order valence-electron chi connectivity index (χ1n) is 4.87. The zero-order valence-corrected chi connectivity index (χ0v) is 9.99. The van der Waals surface area contributed by atoms with Crippen LogP contribution in [0.3, 0.4) is 0 Å². The van der Waals surface area contributed by atoms with Crippen molar-refractivity contribution in [1.29, 1.82) is 0 Å². The average molecular weight is 233 g/mol. The van der Waals surface area contributed by atoms with Crippen molar-refractivity contribution in [3.05, 3.63) is 12.2 Å². The summed E-state index contributed by atoms with van der Waals surface area (Å²) in [6.45, 7) is 8.37. The van der Waals surface area contributed by atoms with E-state index in [9.17, 15) is 0 Å². The molecule has 0 aliphatic rings. The highest BCUT2D eigenvalue weighted by molar-refractivity contribution is 9.09. The fourth-order valence-corrected chi connectivity index (χ4v) is 1.65. The molecule has 0 saturated heterocycles. The van der Waals surface area contributed by atoms with Crippen molar-refractivity contribution in [3.63, 3.8) is 0 Å².